The quantitative estimate of drug-likeness (QED) is 0.284. The monoisotopic (exact) mass is 542 g/mol. The first-order valence-electron chi connectivity index (χ1n) is 14.3. The summed E-state index contributed by atoms with van der Waals surface area (Å²) in [5.74, 6) is 0.612. The number of pyridine rings is 2. The first-order valence-corrected chi connectivity index (χ1v) is 14.3. The second-order valence-electron chi connectivity index (χ2n) is 11.5. The molecule has 1 aliphatic carbocycles. The Morgan fingerprint density at radius 1 is 1.10 bits per heavy atom. The molecule has 1 amide bonds. The fourth-order valence-electron chi connectivity index (χ4n) is 6.10. The van der Waals surface area contributed by atoms with Gasteiger partial charge in [0, 0.05) is 46.9 Å². The Bertz CT molecular complexity index is 2010. The van der Waals surface area contributed by atoms with Gasteiger partial charge < -0.3 is 14.9 Å². The zero-order valence-corrected chi connectivity index (χ0v) is 22.9. The highest BCUT2D eigenvalue weighted by Gasteiger charge is 2.27. The molecule has 0 radical (unpaired) electrons. The summed E-state index contributed by atoms with van der Waals surface area (Å²) >= 11 is 0. The number of nitrogens with zero attached hydrogens (tertiary/aromatic N) is 6. The van der Waals surface area contributed by atoms with E-state index in [2.05, 4.69) is 52.0 Å². The van der Waals surface area contributed by atoms with Crippen molar-refractivity contribution in [1.82, 2.24) is 34.3 Å². The van der Waals surface area contributed by atoms with E-state index in [0.717, 1.165) is 75.0 Å². The Balaban J connectivity index is 1.21. The molecular formula is C32H30N8O. The zero-order chi connectivity index (χ0) is 27.7. The van der Waals surface area contributed by atoms with E-state index in [4.69, 9.17) is 15.5 Å². The summed E-state index contributed by atoms with van der Waals surface area (Å²) in [4.78, 5) is 20.2. The Morgan fingerprint density at radius 2 is 2.00 bits per heavy atom. The van der Waals surface area contributed by atoms with E-state index in [0.29, 0.717) is 30.3 Å². The normalized spacial score (nSPS) is 15.9. The second-order valence-corrected chi connectivity index (χ2v) is 11.5. The maximum absolute atomic E-state index is 13.2. The van der Waals surface area contributed by atoms with Crippen molar-refractivity contribution in [2.45, 2.75) is 39.2 Å². The molecule has 8 rings (SSSR count). The van der Waals surface area contributed by atoms with Crippen LogP contribution in [0.5, 0.6) is 0 Å². The van der Waals surface area contributed by atoms with E-state index >= 15 is 0 Å². The number of aromatic nitrogens is 6. The van der Waals surface area contributed by atoms with Crippen LogP contribution in [0, 0.1) is 18.3 Å². The summed E-state index contributed by atoms with van der Waals surface area (Å²) in [6.07, 6.45) is 7.77. The lowest BCUT2D eigenvalue weighted by atomic mass is 10.1. The standard InChI is InChI=1S/C32H30N8O/c1-19-28-11-8-23(32(41)38-12-2-3-25(33)18-38)17-40(28)37-30(19)29-14-22-7-9-26(35-31(22)39(29)16-20-4-5-20)21-6-10-27-24(13-21)15-34-36-27/h6-11,13-15,17,20,33H,2-5,12,16,18H2,1H3,(H,34,36). The maximum atomic E-state index is 13.2. The maximum Gasteiger partial charge on any atom is 0.255 e. The molecule has 6 heterocycles. The highest BCUT2D eigenvalue weighted by Crippen LogP contribution is 2.37. The van der Waals surface area contributed by atoms with Gasteiger partial charge in [0.05, 0.1) is 40.7 Å². The van der Waals surface area contributed by atoms with E-state index in [1.54, 1.807) is 4.90 Å². The number of carbonyl (C=O) groups excluding carboxylic acids is 1. The van der Waals surface area contributed by atoms with Gasteiger partial charge in [-0.1, -0.05) is 6.07 Å². The smallest absolute Gasteiger partial charge is 0.255 e. The van der Waals surface area contributed by atoms with Crippen LogP contribution in [0.3, 0.4) is 0 Å². The molecule has 1 aromatic carbocycles. The van der Waals surface area contributed by atoms with Crippen molar-refractivity contribution in [2.24, 2.45) is 5.92 Å². The fourth-order valence-corrected chi connectivity index (χ4v) is 6.10. The van der Waals surface area contributed by atoms with Crippen LogP contribution >= 0.6 is 0 Å². The molecule has 2 aliphatic rings. The first kappa shape index (κ1) is 24.0. The average molecular weight is 543 g/mol. The highest BCUT2D eigenvalue weighted by atomic mass is 16.2. The third-order valence-electron chi connectivity index (χ3n) is 8.56. The number of piperidine rings is 1. The Hall–Kier alpha value is -4.79. The van der Waals surface area contributed by atoms with Crippen LogP contribution in [-0.4, -0.2) is 59.0 Å². The summed E-state index contributed by atoms with van der Waals surface area (Å²) < 4.78 is 4.18. The van der Waals surface area contributed by atoms with E-state index < -0.39 is 0 Å². The number of benzene rings is 1. The number of rotatable bonds is 5. The number of likely N-dealkylation sites (tertiary alicyclic amines) is 1. The molecule has 1 saturated carbocycles. The molecule has 1 aliphatic heterocycles. The number of hydrogen-bond acceptors (Lipinski definition) is 5. The van der Waals surface area contributed by atoms with Gasteiger partial charge in [0.2, 0.25) is 0 Å². The molecule has 6 aromatic rings. The van der Waals surface area contributed by atoms with Crippen LogP contribution in [-0.2, 0) is 6.54 Å². The average Bonchev–Trinajstić information content (AvgIpc) is 3.42. The van der Waals surface area contributed by atoms with E-state index in [-0.39, 0.29) is 5.91 Å². The molecule has 0 atom stereocenters. The van der Waals surface area contributed by atoms with Gasteiger partial charge in [-0.2, -0.15) is 10.2 Å². The Morgan fingerprint density at radius 3 is 2.85 bits per heavy atom. The van der Waals surface area contributed by atoms with Gasteiger partial charge in [-0.3, -0.25) is 9.89 Å². The summed E-state index contributed by atoms with van der Waals surface area (Å²) in [6, 6.07) is 16.6. The van der Waals surface area contributed by atoms with Crippen molar-refractivity contribution >= 4 is 39.1 Å². The number of nitrogens with one attached hydrogen (secondary N) is 2. The molecule has 9 nitrogen and oxygen atoms in total. The minimum Gasteiger partial charge on any atom is -0.333 e. The minimum atomic E-state index is -0.0424. The summed E-state index contributed by atoms with van der Waals surface area (Å²) in [5, 5.41) is 22.4. The topological polar surface area (TPSA) is 108 Å². The van der Waals surface area contributed by atoms with Gasteiger partial charge in [0.25, 0.3) is 5.91 Å². The van der Waals surface area contributed by atoms with Crippen molar-refractivity contribution < 1.29 is 4.79 Å². The molecule has 0 bridgehead atoms. The van der Waals surface area contributed by atoms with Gasteiger partial charge in [0.15, 0.2) is 0 Å². The summed E-state index contributed by atoms with van der Waals surface area (Å²) in [5.41, 5.74) is 9.21. The number of carbonyl (C=O) groups is 1. The lowest BCUT2D eigenvalue weighted by Gasteiger charge is -2.27. The molecular weight excluding hydrogens is 512 g/mol. The van der Waals surface area contributed by atoms with Crippen LogP contribution in [0.4, 0.5) is 0 Å². The number of fused-ring (bicyclic) bond motifs is 3. The molecule has 5 aromatic heterocycles. The molecule has 0 unspecified atom stereocenters. The number of amides is 1. The van der Waals surface area contributed by atoms with Crippen molar-refractivity contribution in [3.63, 3.8) is 0 Å². The van der Waals surface area contributed by atoms with Crippen LogP contribution in [0.2, 0.25) is 0 Å². The minimum absolute atomic E-state index is 0.0424. The van der Waals surface area contributed by atoms with E-state index in [9.17, 15) is 4.79 Å². The third kappa shape index (κ3) is 4.11. The van der Waals surface area contributed by atoms with Crippen molar-refractivity contribution in [3.05, 3.63) is 72.1 Å². The molecule has 41 heavy (non-hydrogen) atoms. The number of aromatic amines is 1. The molecule has 9 heteroatoms. The summed E-state index contributed by atoms with van der Waals surface area (Å²) in [6.45, 7) is 4.11. The second kappa shape index (κ2) is 9.12. The van der Waals surface area contributed by atoms with Gasteiger partial charge in [0.1, 0.15) is 11.3 Å². The van der Waals surface area contributed by atoms with Gasteiger partial charge >= 0.3 is 0 Å². The molecule has 204 valence electrons. The molecule has 2 fully saturated rings. The molecule has 1 saturated heterocycles. The first-order chi connectivity index (χ1) is 20.0. The van der Waals surface area contributed by atoms with Gasteiger partial charge in [-0.05, 0) is 81.0 Å². The van der Waals surface area contributed by atoms with Crippen molar-refractivity contribution in [2.75, 3.05) is 13.1 Å². The lowest BCUT2D eigenvalue weighted by Crippen LogP contribution is -2.39. The van der Waals surface area contributed by atoms with E-state index in [1.807, 2.05) is 35.1 Å². The largest absolute Gasteiger partial charge is 0.333 e. The van der Waals surface area contributed by atoms with Crippen LogP contribution in [0.15, 0.2) is 60.9 Å². The SMILES string of the molecule is Cc1c(-c2cc3ccc(-c4ccc5[nH]ncc5c4)nc3n2CC2CC2)nn2cc(C(=O)N3CCCC(=N)C3)ccc12. The lowest BCUT2D eigenvalue weighted by molar-refractivity contribution is 0.0768. The zero-order valence-electron chi connectivity index (χ0n) is 22.9. The van der Waals surface area contributed by atoms with Crippen LogP contribution in [0.1, 0.15) is 41.6 Å². The predicted octanol–water partition coefficient (Wildman–Crippen LogP) is 5.87. The molecule has 0 spiro atoms. The van der Waals surface area contributed by atoms with Gasteiger partial charge in [-0.15, -0.1) is 0 Å². The number of aryl methyl sites for hydroxylation is 1. The fraction of sp³-hybridized carbons (Fsp3) is 0.281. The van der Waals surface area contributed by atoms with Crippen LogP contribution in [0.25, 0.3) is 50.1 Å². The third-order valence-corrected chi connectivity index (χ3v) is 8.56. The predicted molar refractivity (Wildman–Crippen MR) is 159 cm³/mol. The Labute approximate surface area is 236 Å². The highest BCUT2D eigenvalue weighted by molar-refractivity contribution is 5.98. The number of H-pyrrole nitrogens is 1. The van der Waals surface area contributed by atoms with Crippen molar-refractivity contribution in [1.29, 1.82) is 5.41 Å². The summed E-state index contributed by atoms with van der Waals surface area (Å²) in [7, 11) is 0. The van der Waals surface area contributed by atoms with Crippen LogP contribution < -0.4 is 0 Å². The van der Waals surface area contributed by atoms with Crippen molar-refractivity contribution in [3.8, 4) is 22.6 Å². The Kier molecular flexibility index (Phi) is 5.35. The van der Waals surface area contributed by atoms with E-state index in [1.165, 1.54) is 12.8 Å². The number of hydrogen-bond donors (Lipinski definition) is 2. The molecule has 2 N–H and O–H groups in total. The van der Waals surface area contributed by atoms with Gasteiger partial charge in [-0.25, -0.2) is 9.50 Å².